The summed E-state index contributed by atoms with van der Waals surface area (Å²) in [5.41, 5.74) is 9.26. The van der Waals surface area contributed by atoms with Crippen LogP contribution in [-0.2, 0) is 5.41 Å². The summed E-state index contributed by atoms with van der Waals surface area (Å²) in [5, 5.41) is 0. The molecule has 158 valence electrons. The first-order valence-electron chi connectivity index (χ1n) is 11.4. The highest BCUT2D eigenvalue weighted by Crippen LogP contribution is 2.54. The molecule has 0 heterocycles. The summed E-state index contributed by atoms with van der Waals surface area (Å²) in [7, 11) is 0. The Hall–Kier alpha value is -3.65. The summed E-state index contributed by atoms with van der Waals surface area (Å²) in [4.78, 5) is 13.8. The number of carbonyl (C=O) groups excluding carboxylic acids is 1. The molecular weight excluding hydrogens is 390 g/mol. The van der Waals surface area contributed by atoms with Crippen molar-refractivity contribution in [3.63, 3.8) is 0 Å². The molecule has 5 rings (SSSR count). The summed E-state index contributed by atoms with van der Waals surface area (Å²) in [6.07, 6.45) is 2.94. The maximum atomic E-state index is 11.5. The molecule has 0 radical (unpaired) electrons. The van der Waals surface area contributed by atoms with Crippen LogP contribution in [0, 0.1) is 0 Å². The van der Waals surface area contributed by atoms with Gasteiger partial charge in [0.1, 0.15) is 6.29 Å². The second kappa shape index (κ2) is 8.12. The summed E-state index contributed by atoms with van der Waals surface area (Å²) in [6, 6.07) is 34.0. The number of fused-ring (bicyclic) bond motifs is 3. The summed E-state index contributed by atoms with van der Waals surface area (Å²) < 4.78 is 0. The van der Waals surface area contributed by atoms with Crippen molar-refractivity contribution in [1.82, 2.24) is 0 Å². The second-order valence-electron chi connectivity index (χ2n) is 8.45. The first kappa shape index (κ1) is 20.3. The Bertz CT molecular complexity index is 1220. The van der Waals surface area contributed by atoms with E-state index in [0.717, 1.165) is 41.8 Å². The predicted molar refractivity (Wildman–Crippen MR) is 133 cm³/mol. The van der Waals surface area contributed by atoms with E-state index < -0.39 is 0 Å². The van der Waals surface area contributed by atoms with Crippen LogP contribution in [0.2, 0.25) is 0 Å². The minimum absolute atomic E-state index is 0.0846. The SMILES string of the molecule is CCC1(CC)c2cc(C=O)ccc2-c2ccc(N(c3ccccc3)c3ccccc3)cc21. The van der Waals surface area contributed by atoms with Crippen LogP contribution >= 0.6 is 0 Å². The van der Waals surface area contributed by atoms with Gasteiger partial charge in [-0.25, -0.2) is 0 Å². The Morgan fingerprint density at radius 2 is 1.19 bits per heavy atom. The minimum atomic E-state index is -0.0846. The first-order valence-corrected chi connectivity index (χ1v) is 11.4. The van der Waals surface area contributed by atoms with Gasteiger partial charge in [0.15, 0.2) is 0 Å². The molecule has 0 saturated heterocycles. The molecule has 4 aromatic rings. The standard InChI is InChI=1S/C30H27NO/c1-3-30(4-2)28-19-22(21-32)15-17-26(28)27-18-16-25(20-29(27)30)31(23-11-7-5-8-12-23)24-13-9-6-10-14-24/h5-21H,3-4H2,1-2H3. The van der Waals surface area contributed by atoms with Crippen molar-refractivity contribution < 1.29 is 4.79 Å². The molecule has 0 amide bonds. The molecule has 0 unspecified atom stereocenters. The molecule has 0 atom stereocenters. The molecule has 0 aliphatic heterocycles. The van der Waals surface area contributed by atoms with Gasteiger partial charge in [0.2, 0.25) is 0 Å². The van der Waals surface area contributed by atoms with Crippen molar-refractivity contribution in [3.05, 3.63) is 114 Å². The van der Waals surface area contributed by atoms with Gasteiger partial charge in [-0.1, -0.05) is 68.4 Å². The summed E-state index contributed by atoms with van der Waals surface area (Å²) in [5.74, 6) is 0. The van der Waals surface area contributed by atoms with Gasteiger partial charge in [0.05, 0.1) is 0 Å². The molecule has 32 heavy (non-hydrogen) atoms. The van der Waals surface area contributed by atoms with Crippen molar-refractivity contribution in [2.24, 2.45) is 0 Å². The smallest absolute Gasteiger partial charge is 0.150 e. The molecule has 2 nitrogen and oxygen atoms in total. The van der Waals surface area contributed by atoms with Crippen LogP contribution < -0.4 is 4.90 Å². The van der Waals surface area contributed by atoms with Gasteiger partial charge >= 0.3 is 0 Å². The topological polar surface area (TPSA) is 20.3 Å². The zero-order valence-corrected chi connectivity index (χ0v) is 18.6. The van der Waals surface area contributed by atoms with E-state index in [0.29, 0.717) is 0 Å². The number of benzene rings is 4. The number of para-hydroxylation sites is 2. The minimum Gasteiger partial charge on any atom is -0.310 e. The van der Waals surface area contributed by atoms with Crippen molar-refractivity contribution >= 4 is 23.3 Å². The quantitative estimate of drug-likeness (QED) is 0.296. The molecule has 0 bridgehead atoms. The third-order valence-electron chi connectivity index (χ3n) is 7.00. The third-order valence-corrected chi connectivity index (χ3v) is 7.00. The summed E-state index contributed by atoms with van der Waals surface area (Å²) >= 11 is 0. The number of hydrogen-bond acceptors (Lipinski definition) is 2. The van der Waals surface area contributed by atoms with Gasteiger partial charge in [-0.2, -0.15) is 0 Å². The maximum absolute atomic E-state index is 11.5. The van der Waals surface area contributed by atoms with Gasteiger partial charge in [0, 0.05) is 28.0 Å². The Morgan fingerprint density at radius 1 is 0.656 bits per heavy atom. The molecule has 0 spiro atoms. The normalized spacial score (nSPS) is 13.3. The lowest BCUT2D eigenvalue weighted by molar-refractivity contribution is 0.112. The Kier molecular flexibility index (Phi) is 5.14. The van der Waals surface area contributed by atoms with E-state index in [1.165, 1.54) is 22.3 Å². The number of anilines is 3. The highest BCUT2D eigenvalue weighted by molar-refractivity contribution is 5.88. The highest BCUT2D eigenvalue weighted by atomic mass is 16.1. The average Bonchev–Trinajstić information content (AvgIpc) is 3.14. The molecule has 0 fully saturated rings. The molecule has 2 heteroatoms. The summed E-state index contributed by atoms with van der Waals surface area (Å²) in [6.45, 7) is 4.52. The Balaban J connectivity index is 1.72. The van der Waals surface area contributed by atoms with Gasteiger partial charge in [-0.3, -0.25) is 4.79 Å². The van der Waals surface area contributed by atoms with E-state index in [1.807, 2.05) is 6.07 Å². The molecule has 0 N–H and O–H groups in total. The number of hydrogen-bond donors (Lipinski definition) is 0. The molecule has 4 aromatic carbocycles. The molecular formula is C30H27NO. The van der Waals surface area contributed by atoms with Crippen LogP contribution in [0.3, 0.4) is 0 Å². The van der Waals surface area contributed by atoms with E-state index in [1.54, 1.807) is 0 Å². The van der Waals surface area contributed by atoms with E-state index in [-0.39, 0.29) is 5.41 Å². The fourth-order valence-electron chi connectivity index (χ4n) is 5.33. The number of nitrogens with zero attached hydrogens (tertiary/aromatic N) is 1. The fourth-order valence-corrected chi connectivity index (χ4v) is 5.33. The maximum Gasteiger partial charge on any atom is 0.150 e. The zero-order chi connectivity index (χ0) is 22.1. The van der Waals surface area contributed by atoms with Crippen LogP contribution in [0.1, 0.15) is 48.2 Å². The second-order valence-corrected chi connectivity index (χ2v) is 8.45. The van der Waals surface area contributed by atoms with Crippen molar-refractivity contribution in [1.29, 1.82) is 0 Å². The third kappa shape index (κ3) is 3.06. The van der Waals surface area contributed by atoms with Gasteiger partial charge < -0.3 is 4.90 Å². The number of carbonyl (C=O) groups is 1. The number of rotatable bonds is 6. The van der Waals surface area contributed by atoms with Crippen LogP contribution in [-0.4, -0.2) is 6.29 Å². The van der Waals surface area contributed by atoms with Gasteiger partial charge in [-0.15, -0.1) is 0 Å². The van der Waals surface area contributed by atoms with Crippen LogP contribution in [0.5, 0.6) is 0 Å². The number of aldehydes is 1. The van der Waals surface area contributed by atoms with Gasteiger partial charge in [-0.05, 0) is 77.6 Å². The van der Waals surface area contributed by atoms with Crippen molar-refractivity contribution in [2.75, 3.05) is 4.90 Å². The Labute approximate surface area is 190 Å². The van der Waals surface area contributed by atoms with Crippen molar-refractivity contribution in [3.8, 4) is 11.1 Å². The monoisotopic (exact) mass is 417 g/mol. The molecule has 0 aromatic heterocycles. The fraction of sp³-hybridized carbons (Fsp3) is 0.167. The van der Waals surface area contributed by atoms with Crippen LogP contribution in [0.25, 0.3) is 11.1 Å². The van der Waals surface area contributed by atoms with E-state index in [2.05, 4.69) is 110 Å². The molecule has 1 aliphatic rings. The lowest BCUT2D eigenvalue weighted by atomic mass is 9.73. The van der Waals surface area contributed by atoms with Crippen LogP contribution in [0.4, 0.5) is 17.1 Å². The zero-order valence-electron chi connectivity index (χ0n) is 18.6. The first-order chi connectivity index (χ1) is 15.7. The molecule has 0 saturated carbocycles. The van der Waals surface area contributed by atoms with Crippen LogP contribution in [0.15, 0.2) is 97.1 Å². The highest BCUT2D eigenvalue weighted by Gasteiger charge is 2.41. The van der Waals surface area contributed by atoms with Gasteiger partial charge in [0.25, 0.3) is 0 Å². The van der Waals surface area contributed by atoms with E-state index in [9.17, 15) is 4.79 Å². The molecule has 1 aliphatic carbocycles. The lowest BCUT2D eigenvalue weighted by Crippen LogP contribution is -2.23. The van der Waals surface area contributed by atoms with E-state index >= 15 is 0 Å². The Morgan fingerprint density at radius 3 is 1.72 bits per heavy atom. The van der Waals surface area contributed by atoms with Crippen molar-refractivity contribution in [2.45, 2.75) is 32.1 Å². The largest absolute Gasteiger partial charge is 0.310 e. The predicted octanol–water partition coefficient (Wildman–Crippen LogP) is 8.06. The van der Waals surface area contributed by atoms with E-state index in [4.69, 9.17) is 0 Å². The average molecular weight is 418 g/mol. The lowest BCUT2D eigenvalue weighted by Gasteiger charge is -2.31.